The SMILES string of the molecule is Cc1nc2cc(C3CCCO3)[nH]n2c(=O)c1CCC(=O)O. The Balaban J connectivity index is 2.02. The maximum Gasteiger partial charge on any atom is 0.303 e. The minimum atomic E-state index is -0.926. The van der Waals surface area contributed by atoms with Crippen LogP contribution in [0.3, 0.4) is 0 Å². The normalized spacial score (nSPS) is 18.4. The lowest BCUT2D eigenvalue weighted by Crippen LogP contribution is -2.22. The van der Waals surface area contributed by atoms with Crippen LogP contribution in [-0.2, 0) is 16.0 Å². The summed E-state index contributed by atoms with van der Waals surface area (Å²) in [6.07, 6.45) is 2.01. The molecule has 1 aliphatic rings. The van der Waals surface area contributed by atoms with Gasteiger partial charge < -0.3 is 9.84 Å². The Kier molecular flexibility index (Phi) is 3.50. The Labute approximate surface area is 120 Å². The van der Waals surface area contributed by atoms with Crippen LogP contribution in [0.1, 0.15) is 42.3 Å². The summed E-state index contributed by atoms with van der Waals surface area (Å²) in [6.45, 7) is 2.46. The van der Waals surface area contributed by atoms with E-state index in [1.165, 1.54) is 4.52 Å². The van der Waals surface area contributed by atoms with E-state index in [0.29, 0.717) is 16.9 Å². The van der Waals surface area contributed by atoms with Gasteiger partial charge in [0.15, 0.2) is 5.65 Å². The Morgan fingerprint density at radius 2 is 2.43 bits per heavy atom. The second-order valence-corrected chi connectivity index (χ2v) is 5.28. The highest BCUT2D eigenvalue weighted by atomic mass is 16.5. The van der Waals surface area contributed by atoms with Crippen LogP contribution in [0.25, 0.3) is 5.65 Å². The quantitative estimate of drug-likeness (QED) is 0.882. The van der Waals surface area contributed by atoms with Gasteiger partial charge in [-0.05, 0) is 26.2 Å². The van der Waals surface area contributed by atoms with E-state index in [0.717, 1.165) is 25.1 Å². The molecule has 1 unspecified atom stereocenters. The van der Waals surface area contributed by atoms with Crippen molar-refractivity contribution in [2.24, 2.45) is 0 Å². The number of aryl methyl sites for hydroxylation is 1. The molecule has 0 saturated carbocycles. The maximum atomic E-state index is 12.4. The van der Waals surface area contributed by atoms with E-state index in [1.54, 1.807) is 6.92 Å². The van der Waals surface area contributed by atoms with Crippen LogP contribution in [0.2, 0.25) is 0 Å². The average Bonchev–Trinajstić information content (AvgIpc) is 3.05. The van der Waals surface area contributed by atoms with Crippen LogP contribution in [0.4, 0.5) is 0 Å². The Hall–Kier alpha value is -2.15. The first-order valence-electron chi connectivity index (χ1n) is 7.01. The molecule has 1 saturated heterocycles. The van der Waals surface area contributed by atoms with Gasteiger partial charge in [-0.25, -0.2) is 9.50 Å². The molecule has 2 N–H and O–H groups in total. The smallest absolute Gasteiger partial charge is 0.303 e. The van der Waals surface area contributed by atoms with Crippen molar-refractivity contribution in [3.05, 3.63) is 33.4 Å². The van der Waals surface area contributed by atoms with Crippen LogP contribution in [0, 0.1) is 6.92 Å². The number of nitrogens with one attached hydrogen (secondary N) is 1. The molecule has 2 aromatic heterocycles. The minimum absolute atomic E-state index is 0.0196. The molecule has 3 heterocycles. The van der Waals surface area contributed by atoms with Gasteiger partial charge in [0.05, 0.1) is 11.8 Å². The van der Waals surface area contributed by atoms with Gasteiger partial charge in [-0.1, -0.05) is 0 Å². The molecule has 0 aromatic carbocycles. The fourth-order valence-corrected chi connectivity index (χ4v) is 2.70. The third-order valence-electron chi connectivity index (χ3n) is 3.80. The predicted molar refractivity (Wildman–Crippen MR) is 74.4 cm³/mol. The highest BCUT2D eigenvalue weighted by Crippen LogP contribution is 2.27. The summed E-state index contributed by atoms with van der Waals surface area (Å²) < 4.78 is 6.97. The second kappa shape index (κ2) is 5.33. The number of aromatic amines is 1. The number of aromatic nitrogens is 3. The summed E-state index contributed by atoms with van der Waals surface area (Å²) in [7, 11) is 0. The lowest BCUT2D eigenvalue weighted by molar-refractivity contribution is -0.136. The first kappa shape index (κ1) is 13.8. The van der Waals surface area contributed by atoms with Gasteiger partial charge in [-0.3, -0.25) is 14.7 Å². The van der Waals surface area contributed by atoms with Gasteiger partial charge in [0.1, 0.15) is 0 Å². The van der Waals surface area contributed by atoms with E-state index in [-0.39, 0.29) is 24.5 Å². The average molecular weight is 291 g/mol. The Morgan fingerprint density at radius 1 is 1.62 bits per heavy atom. The summed E-state index contributed by atoms with van der Waals surface area (Å²) in [4.78, 5) is 27.5. The van der Waals surface area contributed by atoms with Crippen LogP contribution in [0.15, 0.2) is 10.9 Å². The van der Waals surface area contributed by atoms with Gasteiger partial charge in [-0.15, -0.1) is 0 Å². The van der Waals surface area contributed by atoms with Crippen LogP contribution >= 0.6 is 0 Å². The Bertz CT molecular complexity index is 740. The molecule has 21 heavy (non-hydrogen) atoms. The van der Waals surface area contributed by atoms with Crippen molar-refractivity contribution in [3.63, 3.8) is 0 Å². The molecule has 0 aliphatic carbocycles. The number of rotatable bonds is 4. The van der Waals surface area contributed by atoms with Gasteiger partial charge in [0.25, 0.3) is 5.56 Å². The van der Waals surface area contributed by atoms with Gasteiger partial charge >= 0.3 is 5.97 Å². The summed E-state index contributed by atoms with van der Waals surface area (Å²) in [5, 5.41) is 11.8. The fourth-order valence-electron chi connectivity index (χ4n) is 2.70. The van der Waals surface area contributed by atoms with Gasteiger partial charge in [0, 0.05) is 30.4 Å². The molecule has 1 fully saturated rings. The van der Waals surface area contributed by atoms with E-state index in [9.17, 15) is 9.59 Å². The third-order valence-corrected chi connectivity index (χ3v) is 3.80. The van der Waals surface area contributed by atoms with Crippen molar-refractivity contribution >= 4 is 11.6 Å². The molecule has 0 spiro atoms. The number of carboxylic acids is 1. The molecule has 3 rings (SSSR count). The lowest BCUT2D eigenvalue weighted by atomic mass is 10.1. The van der Waals surface area contributed by atoms with E-state index >= 15 is 0 Å². The molecule has 112 valence electrons. The zero-order valence-electron chi connectivity index (χ0n) is 11.8. The van der Waals surface area contributed by atoms with E-state index in [4.69, 9.17) is 9.84 Å². The molecule has 1 atom stereocenters. The number of nitrogens with zero attached hydrogens (tertiary/aromatic N) is 2. The number of fused-ring (bicyclic) bond motifs is 1. The van der Waals surface area contributed by atoms with Crippen LogP contribution < -0.4 is 5.56 Å². The molecular formula is C14H17N3O4. The lowest BCUT2D eigenvalue weighted by Gasteiger charge is -2.05. The fraction of sp³-hybridized carbons (Fsp3) is 0.500. The highest BCUT2D eigenvalue weighted by Gasteiger charge is 2.21. The maximum absolute atomic E-state index is 12.4. The molecule has 1 aliphatic heterocycles. The number of hydrogen-bond donors (Lipinski definition) is 2. The number of hydrogen-bond acceptors (Lipinski definition) is 4. The monoisotopic (exact) mass is 291 g/mol. The van der Waals surface area contributed by atoms with Gasteiger partial charge in [-0.2, -0.15) is 0 Å². The zero-order valence-corrected chi connectivity index (χ0v) is 11.8. The highest BCUT2D eigenvalue weighted by molar-refractivity contribution is 5.67. The van der Waals surface area contributed by atoms with Crippen molar-refractivity contribution in [1.82, 2.24) is 14.6 Å². The first-order valence-corrected chi connectivity index (χ1v) is 7.01. The number of carboxylic acid groups (broad SMARTS) is 1. The molecule has 0 radical (unpaired) electrons. The van der Waals surface area contributed by atoms with E-state index < -0.39 is 5.97 Å². The Morgan fingerprint density at radius 3 is 3.10 bits per heavy atom. The van der Waals surface area contributed by atoms with Gasteiger partial charge in [0.2, 0.25) is 0 Å². The van der Waals surface area contributed by atoms with E-state index in [1.807, 2.05) is 6.07 Å². The van der Waals surface area contributed by atoms with Crippen molar-refractivity contribution in [2.45, 2.75) is 38.7 Å². The number of carbonyl (C=O) groups is 1. The zero-order chi connectivity index (χ0) is 15.0. The number of aliphatic carboxylic acids is 1. The molecule has 7 heteroatoms. The number of H-pyrrole nitrogens is 1. The van der Waals surface area contributed by atoms with Crippen molar-refractivity contribution in [2.75, 3.05) is 6.61 Å². The van der Waals surface area contributed by atoms with Crippen molar-refractivity contribution in [1.29, 1.82) is 0 Å². The second-order valence-electron chi connectivity index (χ2n) is 5.28. The first-order chi connectivity index (χ1) is 10.1. The number of ether oxygens (including phenoxy) is 1. The van der Waals surface area contributed by atoms with Crippen molar-refractivity contribution in [3.8, 4) is 0 Å². The molecule has 0 amide bonds. The summed E-state index contributed by atoms with van der Waals surface area (Å²) >= 11 is 0. The molecule has 7 nitrogen and oxygen atoms in total. The largest absolute Gasteiger partial charge is 0.481 e. The molecule has 0 bridgehead atoms. The molecule has 2 aromatic rings. The predicted octanol–water partition coefficient (Wildman–Crippen LogP) is 1.20. The third kappa shape index (κ3) is 2.56. The topological polar surface area (TPSA) is 96.7 Å². The minimum Gasteiger partial charge on any atom is -0.481 e. The van der Waals surface area contributed by atoms with Crippen LogP contribution in [-0.4, -0.2) is 32.3 Å². The summed E-state index contributed by atoms with van der Waals surface area (Å²) in [6, 6.07) is 1.82. The summed E-state index contributed by atoms with van der Waals surface area (Å²) in [5.41, 5.74) is 2.17. The molecular weight excluding hydrogens is 274 g/mol. The van der Waals surface area contributed by atoms with E-state index in [2.05, 4.69) is 10.1 Å². The van der Waals surface area contributed by atoms with Crippen molar-refractivity contribution < 1.29 is 14.6 Å². The summed E-state index contributed by atoms with van der Waals surface area (Å²) in [5.74, 6) is -0.926. The van der Waals surface area contributed by atoms with Crippen LogP contribution in [0.5, 0.6) is 0 Å². The standard InChI is InChI=1S/C14H17N3O4/c1-8-9(4-5-13(18)19)14(20)17-12(15-8)7-10(16-17)11-3-2-6-21-11/h7,11,16H,2-6H2,1H3,(H,18,19).